The van der Waals surface area contributed by atoms with E-state index in [-0.39, 0.29) is 17.5 Å². The number of imidazole rings is 1. The van der Waals surface area contributed by atoms with Gasteiger partial charge in [-0.3, -0.25) is 4.79 Å². The van der Waals surface area contributed by atoms with E-state index in [9.17, 15) is 9.59 Å². The Morgan fingerprint density at radius 1 is 1.42 bits per heavy atom. The van der Waals surface area contributed by atoms with Gasteiger partial charge in [-0.05, 0) is 38.7 Å². The lowest BCUT2D eigenvalue weighted by Crippen LogP contribution is -2.39. The van der Waals surface area contributed by atoms with Gasteiger partial charge in [0.2, 0.25) is 5.91 Å². The minimum Gasteiger partial charge on any atom is -0.348 e. The number of H-pyrrole nitrogens is 2. The van der Waals surface area contributed by atoms with E-state index in [1.165, 1.54) is 0 Å². The van der Waals surface area contributed by atoms with Crippen molar-refractivity contribution in [3.05, 3.63) is 45.7 Å². The van der Waals surface area contributed by atoms with E-state index in [0.29, 0.717) is 25.1 Å². The van der Waals surface area contributed by atoms with E-state index in [1.807, 2.05) is 24.9 Å². The van der Waals surface area contributed by atoms with Crippen molar-refractivity contribution in [2.24, 2.45) is 0 Å². The second kappa shape index (κ2) is 6.98. The molecule has 0 radical (unpaired) electrons. The topological polar surface area (TPSA) is 94.7 Å². The summed E-state index contributed by atoms with van der Waals surface area (Å²) in [5.74, 6) is 1.40. The zero-order chi connectivity index (χ0) is 17.1. The molecular weight excluding hydrogens is 306 g/mol. The van der Waals surface area contributed by atoms with Gasteiger partial charge in [0.25, 0.3) is 0 Å². The third-order valence-electron chi connectivity index (χ3n) is 4.72. The Kier molecular flexibility index (Phi) is 4.78. The van der Waals surface area contributed by atoms with Gasteiger partial charge in [-0.1, -0.05) is 0 Å². The van der Waals surface area contributed by atoms with E-state index in [1.54, 1.807) is 6.20 Å². The number of piperidine rings is 1. The number of rotatable bonds is 4. The molecule has 3 heterocycles. The molecule has 1 aliphatic heterocycles. The zero-order valence-electron chi connectivity index (χ0n) is 14.1. The maximum Gasteiger partial charge on any atom is 0.345 e. The van der Waals surface area contributed by atoms with Gasteiger partial charge in [-0.15, -0.1) is 0 Å². The van der Waals surface area contributed by atoms with Gasteiger partial charge in [0.15, 0.2) is 0 Å². The number of carbonyl (C=O) groups is 1. The number of aryl methyl sites for hydroxylation is 2. The molecule has 3 rings (SSSR count). The highest BCUT2D eigenvalue weighted by Crippen LogP contribution is 2.25. The average molecular weight is 329 g/mol. The molecule has 7 heteroatoms. The smallest absolute Gasteiger partial charge is 0.345 e. The summed E-state index contributed by atoms with van der Waals surface area (Å²) < 4.78 is 0. The Bertz CT molecular complexity index is 740. The molecule has 2 aromatic rings. The van der Waals surface area contributed by atoms with Gasteiger partial charge in [0.1, 0.15) is 5.82 Å². The highest BCUT2D eigenvalue weighted by molar-refractivity contribution is 5.76. The van der Waals surface area contributed by atoms with Gasteiger partial charge in [0, 0.05) is 49.2 Å². The molecule has 1 fully saturated rings. The Labute approximate surface area is 140 Å². The minimum absolute atomic E-state index is 0.149. The van der Waals surface area contributed by atoms with Crippen LogP contribution in [0.5, 0.6) is 0 Å². The first-order chi connectivity index (χ1) is 11.5. The van der Waals surface area contributed by atoms with E-state index >= 15 is 0 Å². The van der Waals surface area contributed by atoms with Crippen LogP contribution in [0.1, 0.15) is 48.0 Å². The van der Waals surface area contributed by atoms with Crippen LogP contribution < -0.4 is 5.69 Å². The molecule has 0 bridgehead atoms. The second-order valence-corrected chi connectivity index (χ2v) is 6.38. The summed E-state index contributed by atoms with van der Waals surface area (Å²) in [5.41, 5.74) is 2.13. The fourth-order valence-corrected chi connectivity index (χ4v) is 3.44. The summed E-state index contributed by atoms with van der Waals surface area (Å²) in [7, 11) is 0. The summed E-state index contributed by atoms with van der Waals surface area (Å²) in [6.45, 7) is 5.19. The molecule has 1 saturated heterocycles. The fourth-order valence-electron chi connectivity index (χ4n) is 3.44. The zero-order valence-corrected chi connectivity index (χ0v) is 14.1. The van der Waals surface area contributed by atoms with Crippen LogP contribution >= 0.6 is 0 Å². The quantitative estimate of drug-likeness (QED) is 0.887. The van der Waals surface area contributed by atoms with Crippen LogP contribution in [0.2, 0.25) is 0 Å². The van der Waals surface area contributed by atoms with Crippen molar-refractivity contribution in [3.63, 3.8) is 0 Å². The Morgan fingerprint density at radius 2 is 2.25 bits per heavy atom. The lowest BCUT2D eigenvalue weighted by Gasteiger charge is -2.32. The third kappa shape index (κ3) is 3.55. The fraction of sp³-hybridized carbons (Fsp3) is 0.529. The number of aromatic amines is 2. The number of hydrogen-bond donors (Lipinski definition) is 2. The molecule has 1 amide bonds. The lowest BCUT2D eigenvalue weighted by atomic mass is 9.96. The molecule has 0 aliphatic carbocycles. The van der Waals surface area contributed by atoms with Crippen LogP contribution in [0.4, 0.5) is 0 Å². The molecule has 0 spiro atoms. The number of likely N-dealkylation sites (tertiary alicyclic amines) is 1. The lowest BCUT2D eigenvalue weighted by molar-refractivity contribution is -0.132. The number of aromatic nitrogens is 4. The number of carbonyl (C=O) groups excluding carboxylic acids is 1. The summed E-state index contributed by atoms with van der Waals surface area (Å²) >= 11 is 0. The van der Waals surface area contributed by atoms with Crippen LogP contribution in [0.25, 0.3) is 0 Å². The van der Waals surface area contributed by atoms with Gasteiger partial charge in [-0.2, -0.15) is 4.98 Å². The van der Waals surface area contributed by atoms with Gasteiger partial charge >= 0.3 is 5.69 Å². The molecule has 2 aromatic heterocycles. The van der Waals surface area contributed by atoms with E-state index in [4.69, 9.17) is 0 Å². The summed E-state index contributed by atoms with van der Waals surface area (Å²) in [4.78, 5) is 40.0. The normalized spacial score (nSPS) is 17.9. The molecule has 7 nitrogen and oxygen atoms in total. The van der Waals surface area contributed by atoms with Gasteiger partial charge < -0.3 is 14.9 Å². The van der Waals surface area contributed by atoms with Crippen molar-refractivity contribution in [3.8, 4) is 0 Å². The van der Waals surface area contributed by atoms with Crippen molar-refractivity contribution in [1.29, 1.82) is 0 Å². The van der Waals surface area contributed by atoms with Crippen molar-refractivity contribution in [1.82, 2.24) is 24.8 Å². The second-order valence-electron chi connectivity index (χ2n) is 6.38. The minimum atomic E-state index is -0.336. The first-order valence-electron chi connectivity index (χ1n) is 8.38. The highest BCUT2D eigenvalue weighted by atomic mass is 16.2. The van der Waals surface area contributed by atoms with Crippen molar-refractivity contribution in [2.45, 2.75) is 45.4 Å². The van der Waals surface area contributed by atoms with Gasteiger partial charge in [0.05, 0.1) is 0 Å². The maximum atomic E-state index is 12.6. The summed E-state index contributed by atoms with van der Waals surface area (Å²) in [6.07, 6.45) is 6.66. The van der Waals surface area contributed by atoms with Crippen LogP contribution in [-0.2, 0) is 11.2 Å². The first kappa shape index (κ1) is 16.4. The summed E-state index contributed by atoms with van der Waals surface area (Å²) in [6, 6.07) is 0. The number of nitrogens with zero attached hydrogens (tertiary/aromatic N) is 3. The molecule has 0 unspecified atom stereocenters. The Balaban J connectivity index is 1.62. The number of amides is 1. The van der Waals surface area contributed by atoms with E-state index < -0.39 is 0 Å². The molecule has 0 aromatic carbocycles. The number of nitrogens with one attached hydrogen (secondary N) is 2. The van der Waals surface area contributed by atoms with Crippen LogP contribution in [-0.4, -0.2) is 43.8 Å². The molecule has 1 aliphatic rings. The predicted octanol–water partition coefficient (Wildman–Crippen LogP) is 1.45. The van der Waals surface area contributed by atoms with Crippen LogP contribution in [0.3, 0.4) is 0 Å². The monoisotopic (exact) mass is 329 g/mol. The first-order valence-corrected chi connectivity index (χ1v) is 8.38. The molecule has 0 saturated carbocycles. The standard InChI is InChI=1S/C17H23N5O2/c1-11-14(12(2)21-17(24)20-11)5-6-15(23)22-9-3-4-13(10-22)16-18-7-8-19-16/h7-8,13H,3-6,9-10H2,1-2H3,(H,18,19)(H,20,21,24)/t13-/m0/s1. The van der Waals surface area contributed by atoms with Crippen LogP contribution in [0, 0.1) is 13.8 Å². The molecular formula is C17H23N5O2. The predicted molar refractivity (Wildman–Crippen MR) is 89.8 cm³/mol. The highest BCUT2D eigenvalue weighted by Gasteiger charge is 2.26. The van der Waals surface area contributed by atoms with Crippen molar-refractivity contribution in [2.75, 3.05) is 13.1 Å². The Morgan fingerprint density at radius 3 is 2.96 bits per heavy atom. The van der Waals surface area contributed by atoms with E-state index in [2.05, 4.69) is 19.9 Å². The SMILES string of the molecule is Cc1nc(=O)[nH]c(C)c1CCC(=O)N1CCC[C@H](c2ncc[nH]2)C1. The molecule has 2 N–H and O–H groups in total. The number of hydrogen-bond acceptors (Lipinski definition) is 4. The largest absolute Gasteiger partial charge is 0.348 e. The maximum absolute atomic E-state index is 12.6. The van der Waals surface area contributed by atoms with Crippen LogP contribution in [0.15, 0.2) is 17.2 Å². The third-order valence-corrected chi connectivity index (χ3v) is 4.72. The van der Waals surface area contributed by atoms with Gasteiger partial charge in [-0.25, -0.2) is 9.78 Å². The molecule has 128 valence electrons. The summed E-state index contributed by atoms with van der Waals surface area (Å²) in [5, 5.41) is 0. The molecule has 1 atom stereocenters. The Hall–Kier alpha value is -2.44. The van der Waals surface area contributed by atoms with Crippen molar-refractivity contribution < 1.29 is 4.79 Å². The average Bonchev–Trinajstić information content (AvgIpc) is 3.08. The van der Waals surface area contributed by atoms with Crippen molar-refractivity contribution >= 4 is 5.91 Å². The molecule has 24 heavy (non-hydrogen) atoms. The van der Waals surface area contributed by atoms with E-state index in [0.717, 1.165) is 36.5 Å².